The molecular weight excluding hydrogens is 292 g/mol. The van der Waals surface area contributed by atoms with Gasteiger partial charge in [-0.25, -0.2) is 4.39 Å². The number of thioether (sulfide) groups is 1. The summed E-state index contributed by atoms with van der Waals surface area (Å²) in [6.45, 7) is 0. The summed E-state index contributed by atoms with van der Waals surface area (Å²) in [5, 5.41) is 0.780. The minimum absolute atomic E-state index is 0.158. The molecule has 0 saturated carbocycles. The van der Waals surface area contributed by atoms with Crippen LogP contribution in [0.4, 0.5) is 10.1 Å². The number of nitrogen functional groups attached to an aromatic ring is 1. The number of nitrogens with two attached hydrogens (primary N) is 1. The van der Waals surface area contributed by atoms with Gasteiger partial charge in [-0.2, -0.15) is 0 Å². The molecule has 2 rings (SSSR count). The first-order valence-electron chi connectivity index (χ1n) is 5.18. The summed E-state index contributed by atoms with van der Waals surface area (Å²) in [6.07, 6.45) is 0. The highest BCUT2D eigenvalue weighted by Gasteiger charge is 2.07. The second-order valence-electron chi connectivity index (χ2n) is 3.68. The minimum Gasteiger partial charge on any atom is -0.398 e. The molecule has 0 aliphatic heterocycles. The Balaban J connectivity index is 2.16. The van der Waals surface area contributed by atoms with Gasteiger partial charge < -0.3 is 5.73 Å². The molecule has 0 saturated heterocycles. The molecule has 0 fully saturated rings. The third kappa shape index (κ3) is 3.10. The SMILES string of the molecule is Nc1ccc(Cl)cc1SCc1cccc(F)c1Cl. The van der Waals surface area contributed by atoms with E-state index < -0.39 is 5.82 Å². The Bertz CT molecular complexity index is 573. The average molecular weight is 302 g/mol. The Kier molecular flexibility index (Phi) is 4.38. The monoisotopic (exact) mass is 301 g/mol. The lowest BCUT2D eigenvalue weighted by molar-refractivity contribution is 0.627. The Labute approximate surface area is 119 Å². The predicted molar refractivity (Wildman–Crippen MR) is 76.8 cm³/mol. The molecule has 0 unspecified atom stereocenters. The number of halogens is 3. The first-order chi connectivity index (χ1) is 8.58. The number of hydrogen-bond acceptors (Lipinski definition) is 2. The van der Waals surface area contributed by atoms with Crippen LogP contribution in [0.3, 0.4) is 0 Å². The van der Waals surface area contributed by atoms with Crippen molar-refractivity contribution in [1.82, 2.24) is 0 Å². The van der Waals surface area contributed by atoms with Gasteiger partial charge in [-0.1, -0.05) is 35.3 Å². The van der Waals surface area contributed by atoms with Gasteiger partial charge in [0.25, 0.3) is 0 Å². The molecule has 0 aliphatic carbocycles. The van der Waals surface area contributed by atoms with Crippen molar-refractivity contribution in [1.29, 1.82) is 0 Å². The van der Waals surface area contributed by atoms with E-state index >= 15 is 0 Å². The maximum Gasteiger partial charge on any atom is 0.142 e. The standard InChI is InChI=1S/C13H10Cl2FNS/c14-9-4-5-11(17)12(6-9)18-7-8-2-1-3-10(16)13(8)15/h1-6H,7,17H2. The highest BCUT2D eigenvalue weighted by molar-refractivity contribution is 7.98. The molecule has 0 heterocycles. The van der Waals surface area contributed by atoms with Crippen molar-refractivity contribution in [3.63, 3.8) is 0 Å². The van der Waals surface area contributed by atoms with E-state index in [1.54, 1.807) is 30.3 Å². The van der Waals surface area contributed by atoms with Crippen LogP contribution in [0.25, 0.3) is 0 Å². The first-order valence-corrected chi connectivity index (χ1v) is 6.93. The highest BCUT2D eigenvalue weighted by atomic mass is 35.5. The second kappa shape index (κ2) is 5.83. The summed E-state index contributed by atoms with van der Waals surface area (Å²) in [5.74, 6) is 0.134. The third-order valence-corrected chi connectivity index (χ3v) is 4.17. The van der Waals surface area contributed by atoms with Crippen LogP contribution < -0.4 is 5.73 Å². The third-order valence-electron chi connectivity index (χ3n) is 2.39. The molecule has 0 aromatic heterocycles. The predicted octanol–water partition coefficient (Wildman–Crippen LogP) is 5.01. The maximum absolute atomic E-state index is 13.3. The normalized spacial score (nSPS) is 10.6. The fourth-order valence-corrected chi connectivity index (χ4v) is 2.95. The quantitative estimate of drug-likeness (QED) is 0.637. The van der Waals surface area contributed by atoms with Crippen molar-refractivity contribution in [3.8, 4) is 0 Å². The van der Waals surface area contributed by atoms with Gasteiger partial charge in [-0.05, 0) is 29.8 Å². The molecule has 5 heteroatoms. The van der Waals surface area contributed by atoms with E-state index in [4.69, 9.17) is 28.9 Å². The number of hydrogen-bond donors (Lipinski definition) is 1. The van der Waals surface area contributed by atoms with Crippen LogP contribution in [0.2, 0.25) is 10.0 Å². The lowest BCUT2D eigenvalue weighted by Crippen LogP contribution is -1.90. The molecule has 0 bridgehead atoms. The van der Waals surface area contributed by atoms with Gasteiger partial charge in [0, 0.05) is 21.4 Å². The number of anilines is 1. The Hall–Kier alpha value is -0.900. The largest absolute Gasteiger partial charge is 0.398 e. The molecule has 18 heavy (non-hydrogen) atoms. The fourth-order valence-electron chi connectivity index (χ4n) is 1.45. The molecule has 0 amide bonds. The topological polar surface area (TPSA) is 26.0 Å². The molecular formula is C13H10Cl2FNS. The summed E-state index contributed by atoms with van der Waals surface area (Å²) in [6, 6.07) is 10.0. The van der Waals surface area contributed by atoms with Gasteiger partial charge in [0.2, 0.25) is 0 Å². The summed E-state index contributed by atoms with van der Waals surface area (Å²) in [7, 11) is 0. The summed E-state index contributed by atoms with van der Waals surface area (Å²) >= 11 is 13.3. The van der Waals surface area contributed by atoms with Gasteiger partial charge in [0.15, 0.2) is 0 Å². The fraction of sp³-hybridized carbons (Fsp3) is 0.0769. The van der Waals surface area contributed by atoms with Crippen molar-refractivity contribution in [2.24, 2.45) is 0 Å². The van der Waals surface area contributed by atoms with Crippen molar-refractivity contribution in [3.05, 3.63) is 57.8 Å². The lowest BCUT2D eigenvalue weighted by atomic mass is 10.2. The van der Waals surface area contributed by atoms with Crippen LogP contribution in [0.5, 0.6) is 0 Å². The van der Waals surface area contributed by atoms with E-state index in [-0.39, 0.29) is 5.02 Å². The van der Waals surface area contributed by atoms with E-state index in [1.807, 2.05) is 0 Å². The first kappa shape index (κ1) is 13.5. The smallest absolute Gasteiger partial charge is 0.142 e. The van der Waals surface area contributed by atoms with Crippen LogP contribution in [0, 0.1) is 5.82 Å². The van der Waals surface area contributed by atoms with E-state index in [2.05, 4.69) is 0 Å². The molecule has 94 valence electrons. The minimum atomic E-state index is -0.408. The Morgan fingerprint density at radius 2 is 1.94 bits per heavy atom. The van der Waals surface area contributed by atoms with Crippen LogP contribution in [0.1, 0.15) is 5.56 Å². The number of benzene rings is 2. The van der Waals surface area contributed by atoms with Crippen LogP contribution in [0.15, 0.2) is 41.3 Å². The molecule has 0 atom stereocenters. The van der Waals surface area contributed by atoms with Crippen molar-refractivity contribution in [2.45, 2.75) is 10.6 Å². The zero-order valence-electron chi connectivity index (χ0n) is 9.29. The van der Waals surface area contributed by atoms with Gasteiger partial charge in [0.1, 0.15) is 5.82 Å². The van der Waals surface area contributed by atoms with Crippen molar-refractivity contribution in [2.75, 3.05) is 5.73 Å². The van der Waals surface area contributed by atoms with Gasteiger partial charge in [0.05, 0.1) is 5.02 Å². The summed E-state index contributed by atoms with van der Waals surface area (Å²) in [5.41, 5.74) is 7.22. The Morgan fingerprint density at radius 3 is 2.72 bits per heavy atom. The highest BCUT2D eigenvalue weighted by Crippen LogP contribution is 2.32. The molecule has 0 radical (unpaired) electrons. The average Bonchev–Trinajstić information content (AvgIpc) is 2.35. The Morgan fingerprint density at radius 1 is 1.17 bits per heavy atom. The lowest BCUT2D eigenvalue weighted by Gasteiger charge is -2.07. The van der Waals surface area contributed by atoms with E-state index in [9.17, 15) is 4.39 Å². The van der Waals surface area contributed by atoms with E-state index in [0.29, 0.717) is 16.5 Å². The van der Waals surface area contributed by atoms with E-state index in [1.165, 1.54) is 17.8 Å². The van der Waals surface area contributed by atoms with Crippen molar-refractivity contribution >= 4 is 40.7 Å². The molecule has 0 aliphatic rings. The molecule has 1 nitrogen and oxygen atoms in total. The van der Waals surface area contributed by atoms with E-state index in [0.717, 1.165) is 10.5 Å². The van der Waals surface area contributed by atoms with Crippen LogP contribution in [-0.4, -0.2) is 0 Å². The van der Waals surface area contributed by atoms with Gasteiger partial charge in [-0.3, -0.25) is 0 Å². The molecule has 0 spiro atoms. The molecule has 2 N–H and O–H groups in total. The van der Waals surface area contributed by atoms with Crippen molar-refractivity contribution < 1.29 is 4.39 Å². The molecule has 2 aromatic carbocycles. The second-order valence-corrected chi connectivity index (χ2v) is 5.52. The summed E-state index contributed by atoms with van der Waals surface area (Å²) in [4.78, 5) is 0.864. The zero-order valence-corrected chi connectivity index (χ0v) is 11.6. The van der Waals surface area contributed by atoms with Gasteiger partial charge >= 0.3 is 0 Å². The molecule has 2 aromatic rings. The summed E-state index contributed by atoms with van der Waals surface area (Å²) < 4.78 is 13.3. The van der Waals surface area contributed by atoms with Gasteiger partial charge in [-0.15, -0.1) is 11.8 Å². The van der Waals surface area contributed by atoms with Crippen LogP contribution >= 0.6 is 35.0 Å². The number of rotatable bonds is 3. The zero-order chi connectivity index (χ0) is 13.1. The van der Waals surface area contributed by atoms with Crippen LogP contribution in [-0.2, 0) is 5.75 Å². The maximum atomic E-state index is 13.3.